The number of hydrogen-bond donors (Lipinski definition) is 2. The summed E-state index contributed by atoms with van der Waals surface area (Å²) >= 11 is 5.84. The summed E-state index contributed by atoms with van der Waals surface area (Å²) < 4.78 is 17.9. The van der Waals surface area contributed by atoms with Crippen LogP contribution in [0.3, 0.4) is 0 Å². The topological polar surface area (TPSA) is 58.6 Å². The van der Waals surface area contributed by atoms with Crippen molar-refractivity contribution in [3.63, 3.8) is 0 Å². The molecule has 19 heavy (non-hydrogen) atoms. The van der Waals surface area contributed by atoms with Crippen LogP contribution in [0.25, 0.3) is 0 Å². The highest BCUT2D eigenvalue weighted by atomic mass is 35.5. The minimum atomic E-state index is -0.984. The average Bonchev–Trinajstić information content (AvgIpc) is 2.78. The lowest BCUT2D eigenvalue weighted by Crippen LogP contribution is -2.43. The van der Waals surface area contributed by atoms with Gasteiger partial charge in [0.15, 0.2) is 0 Å². The fourth-order valence-corrected chi connectivity index (χ4v) is 2.13. The van der Waals surface area contributed by atoms with Gasteiger partial charge in [-0.05, 0) is 17.7 Å². The van der Waals surface area contributed by atoms with Gasteiger partial charge in [-0.3, -0.25) is 4.79 Å². The van der Waals surface area contributed by atoms with Crippen LogP contribution < -0.4 is 5.32 Å². The van der Waals surface area contributed by atoms with Gasteiger partial charge < -0.3 is 15.2 Å². The SMILES string of the molecule is O=C(Cc1ccc(F)cc1Cl)NC[C@@]1(O)CCOC1. The molecule has 1 atom stereocenters. The van der Waals surface area contributed by atoms with Crippen molar-refractivity contribution in [3.05, 3.63) is 34.6 Å². The molecule has 0 radical (unpaired) electrons. The molecule has 1 amide bonds. The van der Waals surface area contributed by atoms with Gasteiger partial charge >= 0.3 is 0 Å². The first-order chi connectivity index (χ1) is 8.98. The zero-order valence-corrected chi connectivity index (χ0v) is 11.0. The molecule has 1 saturated heterocycles. The third-order valence-electron chi connectivity index (χ3n) is 3.06. The Hall–Kier alpha value is -1.17. The van der Waals surface area contributed by atoms with E-state index >= 15 is 0 Å². The standard InChI is InChI=1S/C13H15ClFNO3/c14-11-6-10(15)2-1-9(11)5-12(17)16-7-13(18)3-4-19-8-13/h1-2,6,18H,3-5,7-8H2,(H,16,17)/t13-/m0/s1. The van der Waals surface area contributed by atoms with Crippen LogP contribution in [0.4, 0.5) is 4.39 Å². The monoisotopic (exact) mass is 287 g/mol. The number of aliphatic hydroxyl groups is 1. The van der Waals surface area contributed by atoms with E-state index in [-0.39, 0.29) is 30.5 Å². The molecule has 1 aromatic rings. The molecule has 1 fully saturated rings. The van der Waals surface area contributed by atoms with Crippen molar-refractivity contribution in [1.82, 2.24) is 5.32 Å². The maximum absolute atomic E-state index is 12.9. The van der Waals surface area contributed by atoms with Crippen molar-refractivity contribution in [2.75, 3.05) is 19.8 Å². The Morgan fingerprint density at radius 1 is 1.58 bits per heavy atom. The first-order valence-corrected chi connectivity index (χ1v) is 6.37. The van der Waals surface area contributed by atoms with Gasteiger partial charge in [0.2, 0.25) is 5.91 Å². The molecule has 0 bridgehead atoms. The average molecular weight is 288 g/mol. The molecule has 0 aromatic heterocycles. The van der Waals surface area contributed by atoms with E-state index in [4.69, 9.17) is 16.3 Å². The van der Waals surface area contributed by atoms with Crippen molar-refractivity contribution in [1.29, 1.82) is 0 Å². The molecule has 2 N–H and O–H groups in total. The van der Waals surface area contributed by atoms with Gasteiger partial charge in [0, 0.05) is 24.6 Å². The molecule has 1 heterocycles. The largest absolute Gasteiger partial charge is 0.386 e. The zero-order chi connectivity index (χ0) is 13.9. The van der Waals surface area contributed by atoms with E-state index in [9.17, 15) is 14.3 Å². The van der Waals surface area contributed by atoms with Crippen molar-refractivity contribution < 1.29 is 19.0 Å². The number of amides is 1. The summed E-state index contributed by atoms with van der Waals surface area (Å²) in [6.07, 6.45) is 0.556. The number of ether oxygens (including phenoxy) is 1. The van der Waals surface area contributed by atoms with Gasteiger partial charge in [0.1, 0.15) is 11.4 Å². The predicted molar refractivity (Wildman–Crippen MR) is 68.5 cm³/mol. The summed E-state index contributed by atoms with van der Waals surface area (Å²) in [4.78, 5) is 11.7. The lowest BCUT2D eigenvalue weighted by Gasteiger charge is -2.20. The third kappa shape index (κ3) is 3.89. The lowest BCUT2D eigenvalue weighted by molar-refractivity contribution is -0.121. The quantitative estimate of drug-likeness (QED) is 0.877. The van der Waals surface area contributed by atoms with Gasteiger partial charge in [-0.25, -0.2) is 4.39 Å². The van der Waals surface area contributed by atoms with Gasteiger partial charge in [0.05, 0.1) is 13.0 Å². The summed E-state index contributed by atoms with van der Waals surface area (Å²) in [5.41, 5.74) is -0.433. The highest BCUT2D eigenvalue weighted by Crippen LogP contribution is 2.19. The summed E-state index contributed by atoms with van der Waals surface area (Å²) in [6.45, 7) is 0.866. The number of halogens is 2. The first kappa shape index (κ1) is 14.2. The molecular weight excluding hydrogens is 273 g/mol. The number of hydrogen-bond acceptors (Lipinski definition) is 3. The second-order valence-electron chi connectivity index (χ2n) is 4.72. The van der Waals surface area contributed by atoms with E-state index in [1.807, 2.05) is 0 Å². The summed E-state index contributed by atoms with van der Waals surface area (Å²) in [5, 5.41) is 12.8. The second-order valence-corrected chi connectivity index (χ2v) is 5.12. The number of rotatable bonds is 4. The number of nitrogens with one attached hydrogen (secondary N) is 1. The maximum Gasteiger partial charge on any atom is 0.224 e. The van der Waals surface area contributed by atoms with Crippen molar-refractivity contribution in [2.45, 2.75) is 18.4 Å². The minimum absolute atomic E-state index is 0.0516. The van der Waals surface area contributed by atoms with Crippen LogP contribution >= 0.6 is 11.6 Å². The molecule has 0 saturated carbocycles. The normalized spacial score (nSPS) is 22.5. The van der Waals surface area contributed by atoms with Crippen molar-refractivity contribution in [3.8, 4) is 0 Å². The third-order valence-corrected chi connectivity index (χ3v) is 3.42. The van der Waals surface area contributed by atoms with Gasteiger partial charge in [-0.2, -0.15) is 0 Å². The molecule has 2 rings (SSSR count). The summed E-state index contributed by atoms with van der Waals surface area (Å²) in [5.74, 6) is -0.708. The van der Waals surface area contributed by atoms with Crippen molar-refractivity contribution in [2.24, 2.45) is 0 Å². The molecule has 0 unspecified atom stereocenters. The lowest BCUT2D eigenvalue weighted by atomic mass is 10.0. The molecule has 1 aliphatic heterocycles. The van der Waals surface area contributed by atoms with E-state index in [1.54, 1.807) is 0 Å². The van der Waals surface area contributed by atoms with Gasteiger partial charge in [-0.15, -0.1) is 0 Å². The highest BCUT2D eigenvalue weighted by molar-refractivity contribution is 6.31. The van der Waals surface area contributed by atoms with Crippen LogP contribution in [0.1, 0.15) is 12.0 Å². The summed E-state index contributed by atoms with van der Waals surface area (Å²) in [6, 6.07) is 3.90. The predicted octanol–water partition coefficient (Wildman–Crippen LogP) is 1.29. The fraction of sp³-hybridized carbons (Fsp3) is 0.462. The van der Waals surface area contributed by atoms with E-state index in [1.165, 1.54) is 18.2 Å². The molecular formula is C13H15ClFNO3. The Bertz CT molecular complexity index is 475. The molecule has 104 valence electrons. The highest BCUT2D eigenvalue weighted by Gasteiger charge is 2.32. The van der Waals surface area contributed by atoms with Crippen LogP contribution in [0, 0.1) is 5.82 Å². The van der Waals surface area contributed by atoms with E-state index in [0.29, 0.717) is 18.6 Å². The first-order valence-electron chi connectivity index (χ1n) is 5.99. The number of carbonyl (C=O) groups excluding carboxylic acids is 1. The number of benzene rings is 1. The molecule has 0 aliphatic carbocycles. The van der Waals surface area contributed by atoms with E-state index in [0.717, 1.165) is 0 Å². The Kier molecular flexibility index (Phi) is 4.39. The molecule has 1 aromatic carbocycles. The van der Waals surface area contributed by atoms with Gasteiger partial charge in [-0.1, -0.05) is 17.7 Å². The molecule has 1 aliphatic rings. The number of carbonyl (C=O) groups is 1. The minimum Gasteiger partial charge on any atom is -0.386 e. The Labute approximate surface area is 115 Å². The van der Waals surface area contributed by atoms with Crippen molar-refractivity contribution >= 4 is 17.5 Å². The van der Waals surface area contributed by atoms with Crippen LogP contribution in [-0.4, -0.2) is 36.4 Å². The van der Waals surface area contributed by atoms with Crippen LogP contribution in [0.5, 0.6) is 0 Å². The van der Waals surface area contributed by atoms with Crippen LogP contribution in [0.15, 0.2) is 18.2 Å². The van der Waals surface area contributed by atoms with E-state index < -0.39 is 11.4 Å². The fourth-order valence-electron chi connectivity index (χ4n) is 1.90. The Morgan fingerprint density at radius 3 is 3.00 bits per heavy atom. The zero-order valence-electron chi connectivity index (χ0n) is 10.3. The summed E-state index contributed by atoms with van der Waals surface area (Å²) in [7, 11) is 0. The second kappa shape index (κ2) is 5.86. The van der Waals surface area contributed by atoms with Crippen LogP contribution in [-0.2, 0) is 16.0 Å². The van der Waals surface area contributed by atoms with Gasteiger partial charge in [0.25, 0.3) is 0 Å². The van der Waals surface area contributed by atoms with E-state index in [2.05, 4.69) is 5.32 Å². The maximum atomic E-state index is 12.9. The molecule has 6 heteroatoms. The Morgan fingerprint density at radius 2 is 2.37 bits per heavy atom. The molecule has 0 spiro atoms. The smallest absolute Gasteiger partial charge is 0.224 e. The molecule has 4 nitrogen and oxygen atoms in total. The van der Waals surface area contributed by atoms with Crippen LogP contribution in [0.2, 0.25) is 5.02 Å². The Balaban J connectivity index is 1.87.